The van der Waals surface area contributed by atoms with Crippen molar-refractivity contribution in [3.05, 3.63) is 0 Å². The molecular formula is C8H9I2N. The number of nitrogens with zero attached hydrogens (tertiary/aromatic N) is 1. The van der Waals surface area contributed by atoms with E-state index in [0.717, 1.165) is 19.6 Å². The molecule has 0 amide bonds. The summed E-state index contributed by atoms with van der Waals surface area (Å²) in [4.78, 5) is 2.19. The van der Waals surface area contributed by atoms with Gasteiger partial charge in [-0.2, -0.15) is 0 Å². The van der Waals surface area contributed by atoms with Crippen LogP contribution in [0.5, 0.6) is 0 Å². The molecule has 0 N–H and O–H groups in total. The van der Waals surface area contributed by atoms with E-state index >= 15 is 0 Å². The van der Waals surface area contributed by atoms with Crippen LogP contribution in [0.25, 0.3) is 0 Å². The second kappa shape index (κ2) is 8.63. The summed E-state index contributed by atoms with van der Waals surface area (Å²) in [6, 6.07) is 0. The lowest BCUT2D eigenvalue weighted by Crippen LogP contribution is -2.23. The van der Waals surface area contributed by atoms with Gasteiger partial charge in [0.1, 0.15) is 0 Å². The van der Waals surface area contributed by atoms with Crippen LogP contribution in [0.15, 0.2) is 0 Å². The summed E-state index contributed by atoms with van der Waals surface area (Å²) < 4.78 is 5.67. The maximum Gasteiger partial charge on any atom is 0.0617 e. The van der Waals surface area contributed by atoms with Crippen LogP contribution in [0.3, 0.4) is 0 Å². The summed E-state index contributed by atoms with van der Waals surface area (Å²) in [5, 5.41) is 0. The topological polar surface area (TPSA) is 3.24 Å². The molecule has 0 aliphatic carbocycles. The molecule has 3 heteroatoms. The van der Waals surface area contributed by atoms with E-state index in [1.54, 1.807) is 0 Å². The van der Waals surface area contributed by atoms with E-state index in [9.17, 15) is 0 Å². The Morgan fingerprint density at radius 3 is 1.82 bits per heavy atom. The SMILES string of the molecule is CCN(CC#CI)CC#CI. The second-order valence-corrected chi connectivity index (χ2v) is 2.92. The Morgan fingerprint density at radius 2 is 1.55 bits per heavy atom. The van der Waals surface area contributed by atoms with Gasteiger partial charge in [-0.3, -0.25) is 4.90 Å². The summed E-state index contributed by atoms with van der Waals surface area (Å²) in [7, 11) is 0. The van der Waals surface area contributed by atoms with Crippen molar-refractivity contribution in [2.75, 3.05) is 19.6 Å². The van der Waals surface area contributed by atoms with Gasteiger partial charge in [0, 0.05) is 45.2 Å². The fraction of sp³-hybridized carbons (Fsp3) is 0.500. The fourth-order valence-corrected chi connectivity index (χ4v) is 0.904. The van der Waals surface area contributed by atoms with Crippen LogP contribution in [0.2, 0.25) is 0 Å². The summed E-state index contributed by atoms with van der Waals surface area (Å²) in [5.41, 5.74) is 0. The molecule has 0 rings (SSSR count). The van der Waals surface area contributed by atoms with Crippen molar-refractivity contribution >= 4 is 45.2 Å². The van der Waals surface area contributed by atoms with Gasteiger partial charge in [0.25, 0.3) is 0 Å². The zero-order valence-corrected chi connectivity index (χ0v) is 10.6. The molecule has 0 aromatic heterocycles. The highest BCUT2D eigenvalue weighted by Gasteiger charge is 1.94. The van der Waals surface area contributed by atoms with Gasteiger partial charge in [-0.25, -0.2) is 0 Å². The van der Waals surface area contributed by atoms with Crippen LogP contribution < -0.4 is 0 Å². The monoisotopic (exact) mass is 373 g/mol. The van der Waals surface area contributed by atoms with Crippen molar-refractivity contribution in [2.24, 2.45) is 0 Å². The molecule has 0 aliphatic rings. The van der Waals surface area contributed by atoms with Crippen LogP contribution in [-0.4, -0.2) is 24.5 Å². The van der Waals surface area contributed by atoms with Crippen molar-refractivity contribution in [2.45, 2.75) is 6.92 Å². The summed E-state index contributed by atoms with van der Waals surface area (Å²) in [6.45, 7) is 4.77. The quantitative estimate of drug-likeness (QED) is 0.541. The third-order valence-electron chi connectivity index (χ3n) is 1.19. The Balaban J connectivity index is 3.69. The smallest absolute Gasteiger partial charge is 0.0617 e. The molecule has 0 unspecified atom stereocenters. The normalized spacial score (nSPS) is 8.00. The lowest BCUT2D eigenvalue weighted by atomic mass is 10.5. The number of hydrogen-bond donors (Lipinski definition) is 0. The van der Waals surface area contributed by atoms with E-state index < -0.39 is 0 Å². The minimum absolute atomic E-state index is 0.824. The standard InChI is InChI=1S/C8H9I2N/c1-2-11(7-3-5-9)8-4-6-10/h2,7-8H2,1H3. The number of hydrogen-bond acceptors (Lipinski definition) is 1. The van der Waals surface area contributed by atoms with Crippen molar-refractivity contribution in [1.82, 2.24) is 4.90 Å². The van der Waals surface area contributed by atoms with Gasteiger partial charge in [0.05, 0.1) is 13.1 Å². The lowest BCUT2D eigenvalue weighted by molar-refractivity contribution is 0.365. The molecule has 60 valence electrons. The van der Waals surface area contributed by atoms with E-state index in [1.807, 2.05) is 45.2 Å². The Morgan fingerprint density at radius 1 is 1.09 bits per heavy atom. The summed E-state index contributed by atoms with van der Waals surface area (Å²) in [5.74, 6) is 6.00. The predicted octanol–water partition coefficient (Wildman–Crippen LogP) is 2.10. The van der Waals surface area contributed by atoms with E-state index in [-0.39, 0.29) is 0 Å². The highest BCUT2D eigenvalue weighted by Crippen LogP contribution is 1.85. The molecule has 1 nitrogen and oxygen atoms in total. The molecule has 0 fully saturated rings. The van der Waals surface area contributed by atoms with Crippen LogP contribution in [0.1, 0.15) is 6.92 Å². The van der Waals surface area contributed by atoms with Crippen molar-refractivity contribution < 1.29 is 0 Å². The summed E-state index contributed by atoms with van der Waals surface area (Å²) >= 11 is 4.10. The molecule has 0 saturated carbocycles. The van der Waals surface area contributed by atoms with Gasteiger partial charge in [0.15, 0.2) is 0 Å². The average Bonchev–Trinajstić information content (AvgIpc) is 2.05. The van der Waals surface area contributed by atoms with Gasteiger partial charge < -0.3 is 0 Å². The molecule has 0 atom stereocenters. The molecule has 0 radical (unpaired) electrons. The Labute approximate surface area is 95.6 Å². The van der Waals surface area contributed by atoms with E-state index in [0.29, 0.717) is 0 Å². The Hall–Kier alpha value is 0.540. The third-order valence-corrected chi connectivity index (χ3v) is 1.95. The maximum atomic E-state index is 3.00. The highest BCUT2D eigenvalue weighted by molar-refractivity contribution is 14.1. The first-order valence-corrected chi connectivity index (χ1v) is 5.40. The minimum Gasteiger partial charge on any atom is -0.281 e. The van der Waals surface area contributed by atoms with Crippen molar-refractivity contribution in [3.63, 3.8) is 0 Å². The van der Waals surface area contributed by atoms with Gasteiger partial charge in [0.2, 0.25) is 0 Å². The first-order valence-electron chi connectivity index (χ1n) is 3.24. The first kappa shape index (κ1) is 11.5. The second-order valence-electron chi connectivity index (χ2n) is 1.85. The Kier molecular flexibility index (Phi) is 9.06. The first-order chi connectivity index (χ1) is 5.35. The number of halogens is 2. The van der Waals surface area contributed by atoms with Gasteiger partial charge in [-0.15, -0.1) is 0 Å². The molecule has 0 bridgehead atoms. The molecule has 0 aromatic carbocycles. The zero-order valence-electron chi connectivity index (χ0n) is 6.32. The number of rotatable bonds is 3. The van der Waals surface area contributed by atoms with Crippen LogP contribution in [0, 0.1) is 19.7 Å². The van der Waals surface area contributed by atoms with Crippen molar-refractivity contribution in [3.8, 4) is 19.7 Å². The van der Waals surface area contributed by atoms with Gasteiger partial charge in [-0.1, -0.05) is 18.8 Å². The maximum absolute atomic E-state index is 3.00. The zero-order chi connectivity index (χ0) is 8.53. The molecule has 0 heterocycles. The highest BCUT2D eigenvalue weighted by atomic mass is 127. The van der Waals surface area contributed by atoms with Crippen LogP contribution in [0.4, 0.5) is 0 Å². The molecule has 0 spiro atoms. The van der Waals surface area contributed by atoms with Crippen molar-refractivity contribution in [1.29, 1.82) is 0 Å². The van der Waals surface area contributed by atoms with E-state index in [2.05, 4.69) is 31.5 Å². The molecule has 0 aromatic rings. The summed E-state index contributed by atoms with van der Waals surface area (Å²) in [6.07, 6.45) is 0. The molecule has 0 aliphatic heterocycles. The molecule has 0 saturated heterocycles. The predicted molar refractivity (Wildman–Crippen MR) is 65.7 cm³/mol. The van der Waals surface area contributed by atoms with Gasteiger partial charge in [-0.05, 0) is 14.4 Å². The van der Waals surface area contributed by atoms with E-state index in [1.165, 1.54) is 0 Å². The average molecular weight is 373 g/mol. The molecular weight excluding hydrogens is 364 g/mol. The Bertz CT molecular complexity index is 182. The van der Waals surface area contributed by atoms with Crippen LogP contribution >= 0.6 is 45.2 Å². The fourth-order valence-electron chi connectivity index (χ4n) is 0.563. The minimum atomic E-state index is 0.824. The third kappa shape index (κ3) is 6.92. The van der Waals surface area contributed by atoms with Gasteiger partial charge >= 0.3 is 0 Å². The van der Waals surface area contributed by atoms with E-state index in [4.69, 9.17) is 0 Å². The lowest BCUT2D eigenvalue weighted by Gasteiger charge is -2.12. The molecule has 11 heavy (non-hydrogen) atoms. The largest absolute Gasteiger partial charge is 0.281 e. The van der Waals surface area contributed by atoms with Crippen LogP contribution in [-0.2, 0) is 0 Å².